The lowest BCUT2D eigenvalue weighted by Gasteiger charge is -2.25. The SMILES string of the molecule is CS(=O)(=O)Nc1cccc(C(=O)N2CCC[C@@H]2c2ccc(Cl)cc2)c1. The van der Waals surface area contributed by atoms with Crippen molar-refractivity contribution in [1.82, 2.24) is 4.90 Å². The maximum atomic E-state index is 12.9. The fourth-order valence-corrected chi connectivity index (χ4v) is 3.82. The summed E-state index contributed by atoms with van der Waals surface area (Å²) in [7, 11) is -3.38. The van der Waals surface area contributed by atoms with Gasteiger partial charge in [-0.1, -0.05) is 29.8 Å². The van der Waals surface area contributed by atoms with Crippen LogP contribution in [0.1, 0.15) is 34.8 Å². The summed E-state index contributed by atoms with van der Waals surface area (Å²) in [4.78, 5) is 14.8. The van der Waals surface area contributed by atoms with Gasteiger partial charge in [0.25, 0.3) is 5.91 Å². The van der Waals surface area contributed by atoms with Crippen LogP contribution in [0.3, 0.4) is 0 Å². The van der Waals surface area contributed by atoms with Crippen LogP contribution in [-0.2, 0) is 10.0 Å². The summed E-state index contributed by atoms with van der Waals surface area (Å²) in [5.74, 6) is -0.102. The maximum absolute atomic E-state index is 12.9. The first-order valence-corrected chi connectivity index (χ1v) is 10.2. The monoisotopic (exact) mass is 378 g/mol. The number of carbonyl (C=O) groups excluding carboxylic acids is 1. The first kappa shape index (κ1) is 17.8. The number of sulfonamides is 1. The lowest BCUT2D eigenvalue weighted by atomic mass is 10.0. The number of amides is 1. The highest BCUT2D eigenvalue weighted by Gasteiger charge is 2.30. The fraction of sp³-hybridized carbons (Fsp3) is 0.278. The quantitative estimate of drug-likeness (QED) is 0.882. The van der Waals surface area contributed by atoms with E-state index in [0.29, 0.717) is 22.8 Å². The summed E-state index contributed by atoms with van der Waals surface area (Å²) in [5, 5.41) is 0.666. The molecule has 2 aromatic carbocycles. The van der Waals surface area contributed by atoms with Crippen molar-refractivity contribution in [1.29, 1.82) is 0 Å². The van der Waals surface area contributed by atoms with Gasteiger partial charge in [0.1, 0.15) is 0 Å². The number of anilines is 1. The van der Waals surface area contributed by atoms with Crippen molar-refractivity contribution < 1.29 is 13.2 Å². The minimum Gasteiger partial charge on any atom is -0.332 e. The van der Waals surface area contributed by atoms with Crippen molar-refractivity contribution in [3.63, 3.8) is 0 Å². The van der Waals surface area contributed by atoms with Crippen molar-refractivity contribution in [2.24, 2.45) is 0 Å². The number of carbonyl (C=O) groups is 1. The molecule has 0 saturated carbocycles. The molecule has 1 fully saturated rings. The van der Waals surface area contributed by atoms with E-state index in [0.717, 1.165) is 24.7 Å². The average molecular weight is 379 g/mol. The van der Waals surface area contributed by atoms with E-state index in [2.05, 4.69) is 4.72 Å². The number of nitrogens with zero attached hydrogens (tertiary/aromatic N) is 1. The third kappa shape index (κ3) is 4.32. The van der Waals surface area contributed by atoms with E-state index in [9.17, 15) is 13.2 Å². The molecule has 0 spiro atoms. The molecule has 0 aromatic heterocycles. The van der Waals surface area contributed by atoms with Gasteiger partial charge in [-0.05, 0) is 48.7 Å². The molecule has 1 aliphatic rings. The first-order chi connectivity index (χ1) is 11.8. The Labute approximate surface area is 152 Å². The summed E-state index contributed by atoms with van der Waals surface area (Å²) in [6, 6.07) is 14.1. The summed E-state index contributed by atoms with van der Waals surface area (Å²) in [6.45, 7) is 0.676. The molecule has 25 heavy (non-hydrogen) atoms. The van der Waals surface area contributed by atoms with Crippen molar-refractivity contribution in [2.75, 3.05) is 17.5 Å². The second-order valence-electron chi connectivity index (χ2n) is 6.16. The standard InChI is InChI=1S/C18H19ClN2O3S/c1-25(23,24)20-16-5-2-4-14(12-16)18(22)21-11-3-6-17(21)13-7-9-15(19)10-8-13/h2,4-5,7-10,12,17,20H,3,6,11H2,1H3/t17-/m1/s1. The second-order valence-corrected chi connectivity index (χ2v) is 8.35. The van der Waals surface area contributed by atoms with E-state index in [1.54, 1.807) is 24.3 Å². The number of halogens is 1. The fourth-order valence-electron chi connectivity index (χ4n) is 3.14. The number of hydrogen-bond donors (Lipinski definition) is 1. The van der Waals surface area contributed by atoms with Gasteiger partial charge in [-0.3, -0.25) is 9.52 Å². The lowest BCUT2D eigenvalue weighted by Crippen LogP contribution is -2.30. The first-order valence-electron chi connectivity index (χ1n) is 7.98. The molecule has 0 aliphatic carbocycles. The Bertz CT molecular complexity index is 881. The normalized spacial score (nSPS) is 17.5. The van der Waals surface area contributed by atoms with Crippen LogP contribution in [0.2, 0.25) is 5.02 Å². The number of hydrogen-bond acceptors (Lipinski definition) is 3. The molecular formula is C18H19ClN2O3S. The molecule has 132 valence electrons. The highest BCUT2D eigenvalue weighted by Crippen LogP contribution is 2.33. The Hall–Kier alpha value is -2.05. The van der Waals surface area contributed by atoms with E-state index < -0.39 is 10.0 Å². The van der Waals surface area contributed by atoms with Gasteiger partial charge in [0.15, 0.2) is 0 Å². The minimum absolute atomic E-state index is 0.0105. The molecule has 1 amide bonds. The average Bonchev–Trinajstić information content (AvgIpc) is 3.03. The molecule has 5 nitrogen and oxygen atoms in total. The van der Waals surface area contributed by atoms with Gasteiger partial charge in [0.2, 0.25) is 10.0 Å². The van der Waals surface area contributed by atoms with Crippen molar-refractivity contribution in [3.8, 4) is 0 Å². The van der Waals surface area contributed by atoms with Gasteiger partial charge < -0.3 is 4.90 Å². The number of benzene rings is 2. The van der Waals surface area contributed by atoms with E-state index in [1.807, 2.05) is 29.2 Å². The zero-order valence-corrected chi connectivity index (χ0v) is 15.3. The molecule has 1 aliphatic heterocycles. The molecule has 0 bridgehead atoms. The predicted molar refractivity (Wildman–Crippen MR) is 99.4 cm³/mol. The Morgan fingerprint density at radius 2 is 1.92 bits per heavy atom. The van der Waals surface area contributed by atoms with Crippen LogP contribution < -0.4 is 4.72 Å². The topological polar surface area (TPSA) is 66.5 Å². The summed E-state index contributed by atoms with van der Waals surface area (Å²) in [6.07, 6.45) is 2.91. The number of likely N-dealkylation sites (tertiary alicyclic amines) is 1. The highest BCUT2D eigenvalue weighted by atomic mass is 35.5. The molecule has 1 N–H and O–H groups in total. The molecule has 2 aromatic rings. The molecular weight excluding hydrogens is 360 g/mol. The van der Waals surface area contributed by atoms with Crippen molar-refractivity contribution in [3.05, 3.63) is 64.7 Å². The summed E-state index contributed by atoms with van der Waals surface area (Å²) >= 11 is 5.95. The zero-order valence-electron chi connectivity index (χ0n) is 13.8. The molecule has 1 heterocycles. The van der Waals surface area contributed by atoms with Gasteiger partial charge >= 0.3 is 0 Å². The molecule has 1 saturated heterocycles. The lowest BCUT2D eigenvalue weighted by molar-refractivity contribution is 0.0735. The Balaban J connectivity index is 1.84. The molecule has 7 heteroatoms. The maximum Gasteiger partial charge on any atom is 0.254 e. The highest BCUT2D eigenvalue weighted by molar-refractivity contribution is 7.92. The molecule has 0 radical (unpaired) electrons. The summed E-state index contributed by atoms with van der Waals surface area (Å²) in [5.41, 5.74) is 1.91. The van der Waals surface area contributed by atoms with Gasteiger partial charge in [-0.15, -0.1) is 0 Å². The van der Waals surface area contributed by atoms with Crippen LogP contribution in [-0.4, -0.2) is 32.0 Å². The van der Waals surface area contributed by atoms with E-state index in [-0.39, 0.29) is 11.9 Å². The Kier molecular flexibility index (Phi) is 5.01. The van der Waals surface area contributed by atoms with Gasteiger partial charge in [-0.25, -0.2) is 8.42 Å². The van der Waals surface area contributed by atoms with Crippen LogP contribution in [0.5, 0.6) is 0 Å². The van der Waals surface area contributed by atoms with Crippen LogP contribution in [0.15, 0.2) is 48.5 Å². The van der Waals surface area contributed by atoms with Crippen LogP contribution in [0.25, 0.3) is 0 Å². The van der Waals surface area contributed by atoms with Crippen LogP contribution >= 0.6 is 11.6 Å². The van der Waals surface area contributed by atoms with Crippen LogP contribution in [0.4, 0.5) is 5.69 Å². The van der Waals surface area contributed by atoms with Gasteiger partial charge in [-0.2, -0.15) is 0 Å². The zero-order chi connectivity index (χ0) is 18.0. The van der Waals surface area contributed by atoms with Crippen molar-refractivity contribution >= 4 is 33.2 Å². The van der Waals surface area contributed by atoms with Gasteiger partial charge in [0.05, 0.1) is 12.3 Å². The Morgan fingerprint density at radius 1 is 1.20 bits per heavy atom. The van der Waals surface area contributed by atoms with Gasteiger partial charge in [0, 0.05) is 22.8 Å². The predicted octanol–water partition coefficient (Wildman–Crippen LogP) is 3.69. The second kappa shape index (κ2) is 7.06. The molecule has 0 unspecified atom stereocenters. The summed E-state index contributed by atoms with van der Waals surface area (Å²) < 4.78 is 25.2. The molecule has 3 rings (SSSR count). The van der Waals surface area contributed by atoms with Crippen molar-refractivity contribution in [2.45, 2.75) is 18.9 Å². The smallest absolute Gasteiger partial charge is 0.254 e. The van der Waals surface area contributed by atoms with Crippen LogP contribution in [0, 0.1) is 0 Å². The third-order valence-corrected chi connectivity index (χ3v) is 5.04. The van der Waals surface area contributed by atoms with E-state index >= 15 is 0 Å². The number of nitrogens with one attached hydrogen (secondary N) is 1. The molecule has 1 atom stereocenters. The third-order valence-electron chi connectivity index (χ3n) is 4.18. The largest absolute Gasteiger partial charge is 0.332 e. The van der Waals surface area contributed by atoms with E-state index in [1.165, 1.54) is 0 Å². The Morgan fingerprint density at radius 3 is 2.60 bits per heavy atom. The number of rotatable bonds is 4. The van der Waals surface area contributed by atoms with E-state index in [4.69, 9.17) is 11.6 Å². The minimum atomic E-state index is -3.38.